The van der Waals surface area contributed by atoms with E-state index in [2.05, 4.69) is 5.32 Å². The van der Waals surface area contributed by atoms with E-state index in [0.717, 1.165) is 4.67 Å². The largest absolute Gasteiger partial charge is 0.497 e. The van der Waals surface area contributed by atoms with Gasteiger partial charge in [-0.05, 0) is 54.0 Å². The van der Waals surface area contributed by atoms with Crippen molar-refractivity contribution in [1.82, 2.24) is 9.99 Å². The first-order valence-corrected chi connectivity index (χ1v) is 10.8. The van der Waals surface area contributed by atoms with E-state index in [1.54, 1.807) is 38.1 Å². The van der Waals surface area contributed by atoms with Crippen molar-refractivity contribution >= 4 is 40.5 Å². The number of hydrogen-bond acceptors (Lipinski definition) is 5. The van der Waals surface area contributed by atoms with Crippen LogP contribution in [0.25, 0.3) is 0 Å². The lowest BCUT2D eigenvalue weighted by molar-refractivity contribution is -0.139. The highest BCUT2D eigenvalue weighted by Gasteiger charge is 2.45. The molecule has 0 bridgehead atoms. The molecule has 2 rings (SSSR count). The third-order valence-electron chi connectivity index (χ3n) is 3.60. The molecule has 2 amide bonds. The van der Waals surface area contributed by atoms with Gasteiger partial charge >= 0.3 is 18.0 Å². The molecule has 0 radical (unpaired) electrons. The number of ether oxygens (including phenoxy) is 2. The van der Waals surface area contributed by atoms with Crippen LogP contribution in [0.3, 0.4) is 0 Å². The zero-order chi connectivity index (χ0) is 18.8. The highest BCUT2D eigenvalue weighted by atomic mass is 35.9. The molecule has 0 fully saturated rings. The molecule has 1 N–H and O–H groups in total. The quantitative estimate of drug-likeness (QED) is 0.585. The van der Waals surface area contributed by atoms with Gasteiger partial charge in [0.05, 0.1) is 19.3 Å². The van der Waals surface area contributed by atoms with Gasteiger partial charge in [0.1, 0.15) is 11.8 Å². The Bertz CT molecular complexity index is 760. The fourth-order valence-electron chi connectivity index (χ4n) is 2.54. The Balaban J connectivity index is 2.64. The Morgan fingerprint density at radius 3 is 2.40 bits per heavy atom. The smallest absolute Gasteiger partial charge is 0.350 e. The van der Waals surface area contributed by atoms with Gasteiger partial charge in [-0.2, -0.15) is 0 Å². The number of carbonyl (C=O) groups excluding carboxylic acids is 2. The molecule has 7 nitrogen and oxygen atoms in total. The number of allylic oxidation sites excluding steroid dienone is 1. The minimum atomic E-state index is -4.07. The summed E-state index contributed by atoms with van der Waals surface area (Å²) in [5, 5.41) is 2.45. The zero-order valence-corrected chi connectivity index (χ0v) is 16.2. The fraction of sp³-hybridized carbons (Fsp3) is 0.333. The van der Waals surface area contributed by atoms with Gasteiger partial charge in [0.15, 0.2) is 0 Å². The van der Waals surface area contributed by atoms with Crippen LogP contribution in [0.5, 0.6) is 5.75 Å². The number of methoxy groups -OCH3 is 1. The summed E-state index contributed by atoms with van der Waals surface area (Å²) < 4.78 is 23.2. The van der Waals surface area contributed by atoms with E-state index in [1.165, 1.54) is 7.11 Å². The molecule has 1 heterocycles. The summed E-state index contributed by atoms with van der Waals surface area (Å²) in [5.41, 5.74) is 0.870. The average Bonchev–Trinajstić information content (AvgIpc) is 2.53. The molecule has 1 aliphatic rings. The van der Waals surface area contributed by atoms with Gasteiger partial charge in [-0.25, -0.2) is 14.3 Å². The van der Waals surface area contributed by atoms with Crippen LogP contribution in [0.2, 0.25) is 0 Å². The second kappa shape index (κ2) is 7.68. The van der Waals surface area contributed by atoms with Crippen molar-refractivity contribution in [2.24, 2.45) is 0 Å². The molecule has 136 valence electrons. The van der Waals surface area contributed by atoms with Crippen molar-refractivity contribution < 1.29 is 23.6 Å². The number of nitrogens with one attached hydrogen (secondary N) is 1. The van der Waals surface area contributed by atoms with Crippen LogP contribution in [-0.4, -0.2) is 30.4 Å². The lowest BCUT2D eigenvalue weighted by Crippen LogP contribution is -2.45. The van der Waals surface area contributed by atoms with Crippen LogP contribution >= 0.6 is 28.5 Å². The van der Waals surface area contributed by atoms with Crippen LogP contribution in [-0.2, 0) is 14.1 Å². The molecule has 1 aliphatic heterocycles. The summed E-state index contributed by atoms with van der Waals surface area (Å²) in [6.07, 6.45) is 0. The van der Waals surface area contributed by atoms with Crippen molar-refractivity contribution in [3.63, 3.8) is 0 Å². The number of esters is 1. The lowest BCUT2D eigenvalue weighted by atomic mass is 9.95. The number of hydrogen-bond donors (Lipinski definition) is 1. The van der Waals surface area contributed by atoms with Crippen molar-refractivity contribution in [3.8, 4) is 5.75 Å². The Hall–Kier alpha value is -1.69. The van der Waals surface area contributed by atoms with Crippen LogP contribution in [0.1, 0.15) is 25.5 Å². The molecule has 10 heteroatoms. The molecule has 0 aromatic heterocycles. The molecular weight excluding hydrogens is 390 g/mol. The predicted molar refractivity (Wildman–Crippen MR) is 94.8 cm³/mol. The van der Waals surface area contributed by atoms with Gasteiger partial charge in [0.2, 0.25) is 0 Å². The standard InChI is InChI=1S/C15H17Cl2N2O5P/c1-4-24-14(20)12-9(2)18-15(21)19(25(16,17)22)13(12)10-5-7-11(23-3)8-6-10/h5-8,13H,4H2,1-3H3,(H,18,21). The first kappa shape index (κ1) is 19.6. The van der Waals surface area contributed by atoms with Crippen molar-refractivity contribution in [2.45, 2.75) is 19.9 Å². The van der Waals surface area contributed by atoms with Crippen LogP contribution in [0.4, 0.5) is 4.79 Å². The monoisotopic (exact) mass is 406 g/mol. The van der Waals surface area contributed by atoms with Crippen LogP contribution in [0.15, 0.2) is 35.5 Å². The minimum absolute atomic E-state index is 0.105. The van der Waals surface area contributed by atoms with Crippen molar-refractivity contribution in [2.75, 3.05) is 13.7 Å². The van der Waals surface area contributed by atoms with Gasteiger partial charge < -0.3 is 14.8 Å². The van der Waals surface area contributed by atoms with Crippen LogP contribution < -0.4 is 10.1 Å². The van der Waals surface area contributed by atoms with E-state index < -0.39 is 24.0 Å². The second-order valence-electron chi connectivity index (χ2n) is 5.14. The van der Waals surface area contributed by atoms with Crippen LogP contribution in [0, 0.1) is 0 Å². The second-order valence-corrected chi connectivity index (χ2v) is 9.71. The van der Waals surface area contributed by atoms with E-state index in [9.17, 15) is 14.2 Å². The van der Waals surface area contributed by atoms with E-state index >= 15 is 0 Å². The first-order chi connectivity index (χ1) is 11.7. The molecular formula is C15H17Cl2N2O5P. The summed E-state index contributed by atoms with van der Waals surface area (Å²) in [4.78, 5) is 24.8. The van der Waals surface area contributed by atoms with E-state index in [4.69, 9.17) is 32.0 Å². The van der Waals surface area contributed by atoms with Gasteiger partial charge in [-0.15, -0.1) is 0 Å². The molecule has 0 spiro atoms. The van der Waals surface area contributed by atoms with E-state index in [-0.39, 0.29) is 17.9 Å². The van der Waals surface area contributed by atoms with E-state index in [1.807, 2.05) is 0 Å². The summed E-state index contributed by atoms with van der Waals surface area (Å²) in [5.74, 6) is -4.15. The Labute approximate surface area is 154 Å². The van der Waals surface area contributed by atoms with Gasteiger partial charge in [0.25, 0.3) is 0 Å². The molecule has 0 aliphatic carbocycles. The highest BCUT2D eigenvalue weighted by molar-refractivity contribution is 8.07. The Morgan fingerprint density at radius 2 is 1.92 bits per heavy atom. The number of benzene rings is 1. The SMILES string of the molecule is CCOC(=O)C1=C(C)NC(=O)N(P(=O)(Cl)Cl)C1c1ccc(OC)cc1. The average molecular weight is 407 g/mol. The molecule has 0 saturated heterocycles. The third-order valence-corrected chi connectivity index (χ3v) is 5.49. The number of halogens is 2. The van der Waals surface area contributed by atoms with Crippen molar-refractivity contribution in [1.29, 1.82) is 0 Å². The highest BCUT2D eigenvalue weighted by Crippen LogP contribution is 2.64. The minimum Gasteiger partial charge on any atom is -0.497 e. The Morgan fingerprint density at radius 1 is 1.32 bits per heavy atom. The number of urea groups is 1. The number of carbonyl (C=O) groups is 2. The van der Waals surface area contributed by atoms with Gasteiger partial charge in [0, 0.05) is 5.70 Å². The number of amides is 2. The van der Waals surface area contributed by atoms with E-state index in [0.29, 0.717) is 11.3 Å². The maximum Gasteiger partial charge on any atom is 0.350 e. The summed E-state index contributed by atoms with van der Waals surface area (Å²) in [6, 6.07) is 4.73. The zero-order valence-electron chi connectivity index (χ0n) is 13.8. The molecule has 1 unspecified atom stereocenters. The van der Waals surface area contributed by atoms with Gasteiger partial charge in [-0.1, -0.05) is 12.1 Å². The fourth-order valence-corrected chi connectivity index (χ4v) is 4.25. The topological polar surface area (TPSA) is 84.9 Å². The molecule has 25 heavy (non-hydrogen) atoms. The maximum atomic E-state index is 12.4. The molecule has 1 atom stereocenters. The lowest BCUT2D eigenvalue weighted by Gasteiger charge is -2.37. The number of nitrogens with zero attached hydrogens (tertiary/aromatic N) is 1. The third kappa shape index (κ3) is 4.11. The summed E-state index contributed by atoms with van der Waals surface area (Å²) in [7, 11) is 1.51. The van der Waals surface area contributed by atoms with Gasteiger partial charge in [-0.3, -0.25) is 4.57 Å². The Kier molecular flexibility index (Phi) is 6.03. The summed E-state index contributed by atoms with van der Waals surface area (Å²) >= 11 is 11.6. The molecule has 0 saturated carbocycles. The summed E-state index contributed by atoms with van der Waals surface area (Å²) in [6.45, 7) is 3.34. The first-order valence-electron chi connectivity index (χ1n) is 7.32. The predicted octanol–water partition coefficient (Wildman–Crippen LogP) is 4.18. The number of rotatable bonds is 5. The normalized spacial score (nSPS) is 18.0. The molecule has 1 aromatic carbocycles. The molecule has 1 aromatic rings. The van der Waals surface area contributed by atoms with Crippen molar-refractivity contribution in [3.05, 3.63) is 41.1 Å². The maximum absolute atomic E-state index is 12.4.